The number of unbranched alkanes of at least 4 members (excludes halogenated alkanes) is 1. The van der Waals surface area contributed by atoms with Crippen molar-refractivity contribution in [1.29, 1.82) is 0 Å². The Morgan fingerprint density at radius 2 is 2.22 bits per heavy atom. The Labute approximate surface area is 120 Å². The van der Waals surface area contributed by atoms with Crippen LogP contribution >= 0.6 is 34.9 Å². The summed E-state index contributed by atoms with van der Waals surface area (Å²) in [6.45, 7) is 2.22. The zero-order valence-corrected chi connectivity index (χ0v) is 12.7. The Hall–Kier alpha value is -0.590. The van der Waals surface area contributed by atoms with E-state index in [-0.39, 0.29) is 0 Å². The predicted octanol–water partition coefficient (Wildman–Crippen LogP) is 4.18. The molecule has 0 aliphatic rings. The molecule has 0 fully saturated rings. The smallest absolute Gasteiger partial charge is 0.188 e. The van der Waals surface area contributed by atoms with E-state index in [1.54, 1.807) is 29.3 Å². The molecule has 0 aliphatic heterocycles. The molecule has 2 heterocycles. The molecule has 0 aliphatic carbocycles. The lowest BCUT2D eigenvalue weighted by molar-refractivity contribution is 0.897. The van der Waals surface area contributed by atoms with Crippen LogP contribution in [0.5, 0.6) is 0 Å². The molecule has 0 aromatic carbocycles. The van der Waals surface area contributed by atoms with E-state index in [0.717, 1.165) is 21.6 Å². The van der Waals surface area contributed by atoms with Crippen molar-refractivity contribution in [2.24, 2.45) is 0 Å². The van der Waals surface area contributed by atoms with Gasteiger partial charge in [0.15, 0.2) is 5.16 Å². The summed E-state index contributed by atoms with van der Waals surface area (Å²) in [6.07, 6.45) is 4.35. The van der Waals surface area contributed by atoms with Crippen LogP contribution in [-0.4, -0.2) is 25.8 Å². The van der Waals surface area contributed by atoms with Crippen LogP contribution in [0, 0.1) is 0 Å². The lowest BCUT2D eigenvalue weighted by Crippen LogP contribution is -1.90. The molecule has 0 bridgehead atoms. The summed E-state index contributed by atoms with van der Waals surface area (Å²) in [5.74, 6) is 1.22. The fraction of sp³-hybridized carbons (Fsp3) is 0.417. The largest absolute Gasteiger partial charge is 0.243 e. The Balaban J connectivity index is 1.88. The van der Waals surface area contributed by atoms with Crippen LogP contribution in [0.25, 0.3) is 11.4 Å². The van der Waals surface area contributed by atoms with Crippen molar-refractivity contribution in [1.82, 2.24) is 15.0 Å². The molecule has 0 spiro atoms. The predicted molar refractivity (Wildman–Crippen MR) is 81.2 cm³/mol. The molecule has 2 rings (SSSR count). The van der Waals surface area contributed by atoms with Crippen molar-refractivity contribution in [2.45, 2.75) is 24.9 Å². The standard InChI is InChI=1S/C12H15N3S3/c1-2-3-6-16-9-18-12-13-5-4-10(15-12)11-7-17-8-14-11/h4-5,7-8H,2-3,6,9H2,1H3. The summed E-state index contributed by atoms with van der Waals surface area (Å²) >= 11 is 5.23. The van der Waals surface area contributed by atoms with Crippen molar-refractivity contribution in [3.05, 3.63) is 23.2 Å². The maximum atomic E-state index is 4.52. The molecule has 0 radical (unpaired) electrons. The molecule has 3 nitrogen and oxygen atoms in total. The highest BCUT2D eigenvalue weighted by molar-refractivity contribution is 8.15. The highest BCUT2D eigenvalue weighted by Gasteiger charge is 2.04. The number of rotatable bonds is 7. The average molecular weight is 297 g/mol. The van der Waals surface area contributed by atoms with Crippen LogP contribution in [-0.2, 0) is 0 Å². The van der Waals surface area contributed by atoms with Crippen molar-refractivity contribution >= 4 is 34.9 Å². The Morgan fingerprint density at radius 1 is 1.28 bits per heavy atom. The van der Waals surface area contributed by atoms with Crippen molar-refractivity contribution in [3.8, 4) is 11.4 Å². The first kappa shape index (κ1) is 13.8. The van der Waals surface area contributed by atoms with Crippen LogP contribution in [0.2, 0.25) is 0 Å². The minimum Gasteiger partial charge on any atom is -0.243 e. The van der Waals surface area contributed by atoms with Crippen molar-refractivity contribution in [2.75, 3.05) is 10.8 Å². The lowest BCUT2D eigenvalue weighted by Gasteiger charge is -2.01. The van der Waals surface area contributed by atoms with Gasteiger partial charge in [-0.2, -0.15) is 11.8 Å². The minimum atomic E-state index is 0.837. The molecule has 2 aromatic rings. The van der Waals surface area contributed by atoms with E-state index in [9.17, 15) is 0 Å². The van der Waals surface area contributed by atoms with Crippen LogP contribution in [0.4, 0.5) is 0 Å². The van der Waals surface area contributed by atoms with Crippen LogP contribution in [0.3, 0.4) is 0 Å². The van der Waals surface area contributed by atoms with Gasteiger partial charge >= 0.3 is 0 Å². The van der Waals surface area contributed by atoms with Crippen molar-refractivity contribution in [3.63, 3.8) is 0 Å². The van der Waals surface area contributed by atoms with Gasteiger partial charge in [0.05, 0.1) is 16.9 Å². The zero-order valence-electron chi connectivity index (χ0n) is 10.2. The van der Waals surface area contributed by atoms with Gasteiger partial charge in [-0.25, -0.2) is 15.0 Å². The number of nitrogens with zero attached hydrogens (tertiary/aromatic N) is 3. The van der Waals surface area contributed by atoms with Crippen LogP contribution in [0.1, 0.15) is 19.8 Å². The number of hydrogen-bond acceptors (Lipinski definition) is 6. The molecule has 2 aromatic heterocycles. The fourth-order valence-corrected chi connectivity index (χ4v) is 3.85. The molecule has 0 N–H and O–H groups in total. The third kappa shape index (κ3) is 4.26. The van der Waals surface area contributed by atoms with Gasteiger partial charge in [-0.1, -0.05) is 25.1 Å². The maximum Gasteiger partial charge on any atom is 0.188 e. The highest BCUT2D eigenvalue weighted by atomic mass is 32.2. The van der Waals surface area contributed by atoms with Crippen LogP contribution in [0.15, 0.2) is 28.3 Å². The van der Waals surface area contributed by atoms with Gasteiger partial charge in [0.25, 0.3) is 0 Å². The van der Waals surface area contributed by atoms with Crippen LogP contribution < -0.4 is 0 Å². The zero-order chi connectivity index (χ0) is 12.6. The maximum absolute atomic E-state index is 4.52. The lowest BCUT2D eigenvalue weighted by atomic mass is 10.3. The first-order valence-electron chi connectivity index (χ1n) is 5.82. The highest BCUT2D eigenvalue weighted by Crippen LogP contribution is 2.22. The molecule has 0 unspecified atom stereocenters. The number of thioether (sulfide) groups is 2. The topological polar surface area (TPSA) is 38.7 Å². The second-order valence-electron chi connectivity index (χ2n) is 3.62. The van der Waals surface area contributed by atoms with Crippen molar-refractivity contribution < 1.29 is 0 Å². The Kier molecular flexibility index (Phi) is 5.96. The molecule has 18 heavy (non-hydrogen) atoms. The molecule has 0 saturated carbocycles. The number of aromatic nitrogens is 3. The number of hydrogen-bond donors (Lipinski definition) is 0. The third-order valence-electron chi connectivity index (χ3n) is 2.24. The minimum absolute atomic E-state index is 0.837. The van der Waals surface area contributed by atoms with E-state index in [1.807, 2.05) is 28.7 Å². The van der Waals surface area contributed by atoms with E-state index < -0.39 is 0 Å². The average Bonchev–Trinajstić information content (AvgIpc) is 2.93. The third-order valence-corrected chi connectivity index (χ3v) is 5.00. The SMILES string of the molecule is CCCCSCSc1nccc(-c2cscn2)n1. The Bertz CT molecular complexity index is 459. The summed E-state index contributed by atoms with van der Waals surface area (Å²) in [4.78, 5) is 13.1. The normalized spacial score (nSPS) is 10.7. The second-order valence-corrected chi connectivity index (χ2v) is 6.75. The monoisotopic (exact) mass is 297 g/mol. The molecule has 6 heteroatoms. The Morgan fingerprint density at radius 3 is 3.00 bits per heavy atom. The summed E-state index contributed by atoms with van der Waals surface area (Å²) in [5.41, 5.74) is 3.67. The first-order valence-corrected chi connectivity index (χ1v) is 8.90. The molecular formula is C12H15N3S3. The molecule has 0 amide bonds. The quantitative estimate of drug-likeness (QED) is 0.332. The van der Waals surface area contributed by atoms with Gasteiger partial charge in [0.1, 0.15) is 0 Å². The molecular weight excluding hydrogens is 282 g/mol. The molecule has 0 atom stereocenters. The van der Waals surface area contributed by atoms with Gasteiger partial charge in [-0.15, -0.1) is 11.3 Å². The molecule has 0 saturated heterocycles. The first-order chi connectivity index (χ1) is 8.90. The van der Waals surface area contributed by atoms with E-state index in [2.05, 4.69) is 21.9 Å². The van der Waals surface area contributed by atoms with Gasteiger partial charge in [0.2, 0.25) is 0 Å². The summed E-state index contributed by atoms with van der Waals surface area (Å²) < 4.78 is 0. The van der Waals surface area contributed by atoms with Gasteiger partial charge in [0, 0.05) is 16.7 Å². The second kappa shape index (κ2) is 7.76. The van der Waals surface area contributed by atoms with Gasteiger partial charge in [-0.3, -0.25) is 0 Å². The van der Waals surface area contributed by atoms with E-state index in [1.165, 1.54) is 18.6 Å². The van der Waals surface area contributed by atoms with Gasteiger partial charge in [-0.05, 0) is 18.2 Å². The molecule has 96 valence electrons. The van der Waals surface area contributed by atoms with E-state index in [4.69, 9.17) is 0 Å². The summed E-state index contributed by atoms with van der Waals surface area (Å²) in [6, 6.07) is 1.91. The number of thiazole rings is 1. The van der Waals surface area contributed by atoms with Gasteiger partial charge < -0.3 is 0 Å². The summed E-state index contributed by atoms with van der Waals surface area (Å²) in [5, 5.41) is 3.86. The van der Waals surface area contributed by atoms with E-state index >= 15 is 0 Å². The summed E-state index contributed by atoms with van der Waals surface area (Å²) in [7, 11) is 0. The van der Waals surface area contributed by atoms with E-state index in [0.29, 0.717) is 0 Å². The fourth-order valence-electron chi connectivity index (χ4n) is 1.29.